The molecule has 0 aliphatic carbocycles. The Morgan fingerprint density at radius 2 is 2.25 bits per heavy atom. The molecule has 1 unspecified atom stereocenters. The summed E-state index contributed by atoms with van der Waals surface area (Å²) >= 11 is 3.08. The van der Waals surface area contributed by atoms with Crippen molar-refractivity contribution in [2.45, 2.75) is 11.3 Å². The van der Waals surface area contributed by atoms with Gasteiger partial charge in [-0.25, -0.2) is 18.4 Å². The SMILES string of the molecule is NS(=O)(=O)c1cc(C(=O)OCC2CCOC2)ccc1Br. The molecular formula is C12H14BrNO5S. The highest BCUT2D eigenvalue weighted by molar-refractivity contribution is 9.10. The van der Waals surface area contributed by atoms with Crippen molar-refractivity contribution >= 4 is 31.9 Å². The predicted octanol–water partition coefficient (Wildman–Crippen LogP) is 1.29. The smallest absolute Gasteiger partial charge is 0.338 e. The van der Waals surface area contributed by atoms with Crippen LogP contribution in [0.4, 0.5) is 0 Å². The lowest BCUT2D eigenvalue weighted by atomic mass is 10.1. The van der Waals surface area contributed by atoms with Gasteiger partial charge < -0.3 is 9.47 Å². The summed E-state index contributed by atoms with van der Waals surface area (Å²) in [6.45, 7) is 1.52. The van der Waals surface area contributed by atoms with Crippen molar-refractivity contribution in [3.05, 3.63) is 28.2 Å². The van der Waals surface area contributed by atoms with Gasteiger partial charge in [0.25, 0.3) is 0 Å². The van der Waals surface area contributed by atoms with Gasteiger partial charge in [0.15, 0.2) is 0 Å². The van der Waals surface area contributed by atoms with Crippen LogP contribution < -0.4 is 5.14 Å². The van der Waals surface area contributed by atoms with Gasteiger partial charge in [-0.3, -0.25) is 0 Å². The third-order valence-electron chi connectivity index (χ3n) is 2.95. The molecule has 0 saturated carbocycles. The fraction of sp³-hybridized carbons (Fsp3) is 0.417. The average molecular weight is 364 g/mol. The molecule has 1 saturated heterocycles. The molecule has 8 heteroatoms. The van der Waals surface area contributed by atoms with Crippen LogP contribution >= 0.6 is 15.9 Å². The molecule has 6 nitrogen and oxygen atoms in total. The molecule has 1 heterocycles. The van der Waals surface area contributed by atoms with Crippen LogP contribution in [0.5, 0.6) is 0 Å². The lowest BCUT2D eigenvalue weighted by molar-refractivity contribution is 0.0428. The number of carbonyl (C=O) groups excluding carboxylic acids is 1. The Labute approximate surface area is 125 Å². The van der Waals surface area contributed by atoms with Crippen LogP contribution in [-0.4, -0.2) is 34.2 Å². The Morgan fingerprint density at radius 3 is 2.85 bits per heavy atom. The summed E-state index contributed by atoms with van der Waals surface area (Å²) in [6, 6.07) is 4.13. The number of hydrogen-bond donors (Lipinski definition) is 1. The van der Waals surface area contributed by atoms with E-state index in [2.05, 4.69) is 15.9 Å². The molecule has 1 aliphatic rings. The van der Waals surface area contributed by atoms with E-state index in [1.165, 1.54) is 18.2 Å². The number of ether oxygens (including phenoxy) is 2. The molecular weight excluding hydrogens is 350 g/mol. The predicted molar refractivity (Wildman–Crippen MR) is 74.7 cm³/mol. The molecule has 1 aromatic carbocycles. The van der Waals surface area contributed by atoms with Gasteiger partial charge in [0.1, 0.15) is 0 Å². The normalized spacial score (nSPS) is 19.0. The summed E-state index contributed by atoms with van der Waals surface area (Å²) < 4.78 is 33.4. The van der Waals surface area contributed by atoms with Gasteiger partial charge in [-0.2, -0.15) is 0 Å². The number of hydrogen-bond acceptors (Lipinski definition) is 5. The van der Waals surface area contributed by atoms with Gasteiger partial charge in [0, 0.05) is 17.0 Å². The minimum Gasteiger partial charge on any atom is -0.462 e. The molecule has 1 atom stereocenters. The highest BCUT2D eigenvalue weighted by Gasteiger charge is 2.20. The Balaban J connectivity index is 2.10. The van der Waals surface area contributed by atoms with E-state index >= 15 is 0 Å². The second-order valence-corrected chi connectivity index (χ2v) is 6.90. The molecule has 1 fully saturated rings. The molecule has 110 valence electrons. The molecule has 2 N–H and O–H groups in total. The van der Waals surface area contributed by atoms with E-state index in [0.717, 1.165) is 6.42 Å². The third-order valence-corrected chi connectivity index (χ3v) is 4.85. The van der Waals surface area contributed by atoms with Crippen LogP contribution in [0.1, 0.15) is 16.8 Å². The molecule has 0 bridgehead atoms. The molecule has 1 aromatic rings. The second-order valence-electron chi connectivity index (χ2n) is 4.52. The van der Waals surface area contributed by atoms with Crippen LogP contribution in [0.2, 0.25) is 0 Å². The van der Waals surface area contributed by atoms with E-state index in [-0.39, 0.29) is 23.0 Å². The maximum absolute atomic E-state index is 11.9. The Bertz CT molecular complexity index is 610. The molecule has 0 aromatic heterocycles. The summed E-state index contributed by atoms with van der Waals surface area (Å²) in [5.41, 5.74) is 0.149. The molecule has 0 spiro atoms. The fourth-order valence-electron chi connectivity index (χ4n) is 1.84. The van der Waals surface area contributed by atoms with Gasteiger partial charge in [0.2, 0.25) is 10.0 Å². The first-order chi connectivity index (χ1) is 9.38. The Hall–Kier alpha value is -0.960. The number of halogens is 1. The Morgan fingerprint density at radius 1 is 1.50 bits per heavy atom. The highest BCUT2D eigenvalue weighted by Crippen LogP contribution is 2.22. The fourth-order valence-corrected chi connectivity index (χ4v) is 3.39. The largest absolute Gasteiger partial charge is 0.462 e. The number of carbonyl (C=O) groups is 1. The van der Waals surface area contributed by atoms with Gasteiger partial charge in [-0.1, -0.05) is 0 Å². The van der Waals surface area contributed by atoms with Gasteiger partial charge in [-0.05, 0) is 40.5 Å². The molecule has 20 heavy (non-hydrogen) atoms. The van der Waals surface area contributed by atoms with Crippen molar-refractivity contribution in [3.8, 4) is 0 Å². The molecule has 0 amide bonds. The van der Waals surface area contributed by atoms with Crippen molar-refractivity contribution in [2.75, 3.05) is 19.8 Å². The first-order valence-electron chi connectivity index (χ1n) is 5.95. The van der Waals surface area contributed by atoms with Gasteiger partial charge >= 0.3 is 5.97 Å². The summed E-state index contributed by atoms with van der Waals surface area (Å²) in [6.07, 6.45) is 0.857. The van der Waals surface area contributed by atoms with Crippen LogP contribution in [-0.2, 0) is 19.5 Å². The van der Waals surface area contributed by atoms with E-state index in [9.17, 15) is 13.2 Å². The summed E-state index contributed by atoms with van der Waals surface area (Å²) in [4.78, 5) is 11.7. The summed E-state index contributed by atoms with van der Waals surface area (Å²) in [5, 5.41) is 5.07. The van der Waals surface area contributed by atoms with E-state index in [1.54, 1.807) is 0 Å². The lowest BCUT2D eigenvalue weighted by Gasteiger charge is -2.10. The highest BCUT2D eigenvalue weighted by atomic mass is 79.9. The number of sulfonamides is 1. The minimum atomic E-state index is -3.89. The number of primary sulfonamides is 1. The van der Waals surface area contributed by atoms with Gasteiger partial charge in [-0.15, -0.1) is 0 Å². The Kier molecular flexibility index (Phi) is 4.79. The first-order valence-corrected chi connectivity index (χ1v) is 8.29. The topological polar surface area (TPSA) is 95.7 Å². The quantitative estimate of drug-likeness (QED) is 0.813. The summed E-state index contributed by atoms with van der Waals surface area (Å²) in [7, 11) is -3.89. The van der Waals surface area contributed by atoms with Crippen LogP contribution in [0, 0.1) is 5.92 Å². The number of esters is 1. The number of rotatable bonds is 4. The van der Waals surface area contributed by atoms with Gasteiger partial charge in [0.05, 0.1) is 23.7 Å². The minimum absolute atomic E-state index is 0.142. The third kappa shape index (κ3) is 3.78. The lowest BCUT2D eigenvalue weighted by Crippen LogP contribution is -2.16. The molecule has 2 rings (SSSR count). The van der Waals surface area contributed by atoms with Crippen LogP contribution in [0.25, 0.3) is 0 Å². The van der Waals surface area contributed by atoms with E-state index in [0.29, 0.717) is 17.7 Å². The van der Waals surface area contributed by atoms with Crippen molar-refractivity contribution in [2.24, 2.45) is 11.1 Å². The number of nitrogens with two attached hydrogens (primary N) is 1. The molecule has 0 radical (unpaired) electrons. The van der Waals surface area contributed by atoms with E-state index in [4.69, 9.17) is 14.6 Å². The number of benzene rings is 1. The maximum atomic E-state index is 11.9. The monoisotopic (exact) mass is 363 g/mol. The van der Waals surface area contributed by atoms with Crippen molar-refractivity contribution < 1.29 is 22.7 Å². The van der Waals surface area contributed by atoms with Crippen molar-refractivity contribution in [1.82, 2.24) is 0 Å². The zero-order valence-corrected chi connectivity index (χ0v) is 12.9. The van der Waals surface area contributed by atoms with E-state index < -0.39 is 16.0 Å². The first kappa shape index (κ1) is 15.4. The van der Waals surface area contributed by atoms with Crippen molar-refractivity contribution in [1.29, 1.82) is 0 Å². The average Bonchev–Trinajstić information content (AvgIpc) is 2.88. The standard InChI is InChI=1S/C12H14BrNO5S/c13-10-2-1-9(5-11(10)20(14,16)17)12(15)19-7-8-3-4-18-6-8/h1-2,5,8H,3-4,6-7H2,(H2,14,16,17). The summed E-state index contributed by atoms with van der Waals surface area (Å²) in [5.74, 6) is -0.374. The second kappa shape index (κ2) is 6.21. The zero-order chi connectivity index (χ0) is 14.8. The van der Waals surface area contributed by atoms with Crippen LogP contribution in [0.3, 0.4) is 0 Å². The van der Waals surface area contributed by atoms with E-state index in [1.807, 2.05) is 0 Å². The maximum Gasteiger partial charge on any atom is 0.338 e. The molecule has 1 aliphatic heterocycles. The van der Waals surface area contributed by atoms with Crippen molar-refractivity contribution in [3.63, 3.8) is 0 Å². The van der Waals surface area contributed by atoms with Crippen LogP contribution in [0.15, 0.2) is 27.6 Å². The zero-order valence-electron chi connectivity index (χ0n) is 10.5.